The van der Waals surface area contributed by atoms with E-state index >= 15 is 0 Å². The number of amides is 4. The first-order valence-corrected chi connectivity index (χ1v) is 20.3. The molecule has 0 bridgehead atoms. The highest BCUT2D eigenvalue weighted by atomic mass is 19.4. The summed E-state index contributed by atoms with van der Waals surface area (Å²) in [6, 6.07) is 16.5. The maximum Gasteiger partial charge on any atom is 0.416 e. The van der Waals surface area contributed by atoms with Crippen LogP contribution in [0.5, 0.6) is 0 Å². The van der Waals surface area contributed by atoms with Gasteiger partial charge in [-0.2, -0.15) is 36.9 Å². The van der Waals surface area contributed by atoms with E-state index in [9.17, 15) is 51.2 Å². The molecule has 332 valence electrons. The zero-order chi connectivity index (χ0) is 46.2. The molecule has 2 atom stereocenters. The molecule has 4 aliphatic rings. The molecule has 14 nitrogen and oxygen atoms in total. The van der Waals surface area contributed by atoms with Gasteiger partial charge in [-0.25, -0.2) is 14.8 Å². The first-order chi connectivity index (χ1) is 31.1. The highest BCUT2D eigenvalue weighted by molar-refractivity contribution is 6.07. The molecule has 0 saturated heterocycles. The van der Waals surface area contributed by atoms with Crippen molar-refractivity contribution in [2.24, 2.45) is 0 Å². The van der Waals surface area contributed by atoms with Gasteiger partial charge in [0.1, 0.15) is 29.3 Å². The van der Waals surface area contributed by atoms with E-state index < -0.39 is 47.5 Å². The second-order valence-electron chi connectivity index (χ2n) is 15.5. The van der Waals surface area contributed by atoms with Crippen LogP contribution in [0.3, 0.4) is 0 Å². The second-order valence-corrected chi connectivity index (χ2v) is 15.5. The average Bonchev–Trinajstić information content (AvgIpc) is 3.79. The molecule has 8 rings (SSSR count). The minimum atomic E-state index is -4.68. The van der Waals surface area contributed by atoms with E-state index in [1.165, 1.54) is 58.6 Å². The third-order valence-corrected chi connectivity index (χ3v) is 11.4. The summed E-state index contributed by atoms with van der Waals surface area (Å²) in [6.45, 7) is 5.47. The first kappa shape index (κ1) is 43.9. The topological polar surface area (TPSA) is 174 Å². The third-order valence-electron chi connectivity index (χ3n) is 11.4. The maximum atomic E-state index is 14.1. The molecule has 2 aromatic carbocycles. The smallest absolute Gasteiger partial charge is 0.360 e. The zero-order valence-electron chi connectivity index (χ0n) is 34.2. The summed E-state index contributed by atoms with van der Waals surface area (Å²) < 4.78 is 82.4. The van der Waals surface area contributed by atoms with Crippen molar-refractivity contribution in [3.63, 3.8) is 0 Å². The molecular formula is C45H37F6N11O3. The fraction of sp³-hybridized carbons (Fsp3) is 0.267. The minimum absolute atomic E-state index is 0.0644. The molecule has 0 spiro atoms. The largest absolute Gasteiger partial charge is 0.416 e. The fourth-order valence-corrected chi connectivity index (χ4v) is 8.36. The van der Waals surface area contributed by atoms with Crippen molar-refractivity contribution in [2.45, 2.75) is 37.3 Å². The minimum Gasteiger partial charge on any atom is -0.360 e. The molecule has 4 aliphatic heterocycles. The Balaban J connectivity index is 0.918. The summed E-state index contributed by atoms with van der Waals surface area (Å²) in [7, 11) is 0. The van der Waals surface area contributed by atoms with E-state index in [-0.39, 0.29) is 71.9 Å². The van der Waals surface area contributed by atoms with Crippen molar-refractivity contribution < 1.29 is 40.7 Å². The standard InChI is InChI=1S/C45H37F6N11O3/c1-26-57-39(27-10-12-31(20-52)55-22-27)37-35(61(26)33-8-2-6-29(18-33)44(46,47)48)24-59(41(37)63)16-4-14-54-15-5-17-60-25-36-38(42(60)64)40(28-11-13-32(21-53)56-23-28)58-43(65)62(36)34-9-3-7-30(19-34)45(49,50)51/h2-3,6-13,18-19,22-23,39-40,54,57H,1,4-5,14-17,24-25H2,(H,58,65)/t39-,40-/m1/s1. The number of pyridine rings is 2. The van der Waals surface area contributed by atoms with Gasteiger partial charge >= 0.3 is 18.4 Å². The molecule has 4 aromatic rings. The maximum absolute atomic E-state index is 14.1. The fourth-order valence-electron chi connectivity index (χ4n) is 8.36. The van der Waals surface area contributed by atoms with Crippen molar-refractivity contribution in [3.05, 3.63) is 154 Å². The van der Waals surface area contributed by atoms with Gasteiger partial charge in [-0.3, -0.25) is 19.4 Å². The molecule has 0 fully saturated rings. The van der Waals surface area contributed by atoms with Gasteiger partial charge in [0.25, 0.3) is 11.8 Å². The Morgan fingerprint density at radius 3 is 1.58 bits per heavy atom. The highest BCUT2D eigenvalue weighted by Crippen LogP contribution is 2.43. The van der Waals surface area contributed by atoms with Gasteiger partial charge < -0.3 is 25.8 Å². The Bertz CT molecular complexity index is 2540. The molecule has 20 heteroatoms. The summed E-state index contributed by atoms with van der Waals surface area (Å²) in [6.07, 6.45) is -5.55. The summed E-state index contributed by atoms with van der Waals surface area (Å²) in [4.78, 5) is 55.7. The van der Waals surface area contributed by atoms with Gasteiger partial charge in [-0.15, -0.1) is 0 Å². The summed E-state index contributed by atoms with van der Waals surface area (Å²) >= 11 is 0. The van der Waals surface area contributed by atoms with E-state index in [4.69, 9.17) is 0 Å². The van der Waals surface area contributed by atoms with Gasteiger partial charge in [0.15, 0.2) is 0 Å². The number of aromatic nitrogens is 2. The zero-order valence-corrected chi connectivity index (χ0v) is 34.2. The number of nitrogens with one attached hydrogen (secondary N) is 3. The van der Waals surface area contributed by atoms with Gasteiger partial charge in [0.2, 0.25) is 0 Å². The van der Waals surface area contributed by atoms with Crippen molar-refractivity contribution in [2.75, 3.05) is 49.1 Å². The van der Waals surface area contributed by atoms with Crippen LogP contribution >= 0.6 is 0 Å². The quantitative estimate of drug-likeness (QED) is 0.107. The number of urea groups is 1. The van der Waals surface area contributed by atoms with E-state index in [0.717, 1.165) is 29.2 Å². The predicted molar refractivity (Wildman–Crippen MR) is 221 cm³/mol. The van der Waals surface area contributed by atoms with Crippen LogP contribution in [0.15, 0.2) is 120 Å². The Kier molecular flexibility index (Phi) is 11.8. The number of hydrogen-bond acceptors (Lipinski definition) is 10. The average molecular weight is 894 g/mol. The summed E-state index contributed by atoms with van der Waals surface area (Å²) in [5.41, 5.74) is 0.637. The van der Waals surface area contributed by atoms with Crippen molar-refractivity contribution in [1.29, 1.82) is 10.5 Å². The number of benzene rings is 2. The molecule has 0 aliphatic carbocycles. The van der Waals surface area contributed by atoms with Crippen LogP contribution in [0.4, 0.5) is 42.5 Å². The van der Waals surface area contributed by atoms with Crippen LogP contribution in [-0.4, -0.2) is 76.9 Å². The van der Waals surface area contributed by atoms with Crippen LogP contribution in [0.25, 0.3) is 0 Å². The lowest BCUT2D eigenvalue weighted by Gasteiger charge is -2.37. The van der Waals surface area contributed by atoms with Crippen LogP contribution in [0.2, 0.25) is 0 Å². The van der Waals surface area contributed by atoms with Gasteiger partial charge in [-0.1, -0.05) is 30.8 Å². The SMILES string of the molecule is C=C1N[C@H](c2ccc(C#N)nc2)C2=C(CN(CCCNCCCN3CC4=C(C3=O)[C@@H](c3ccc(C#N)nc3)NC(=O)N4c3cccc(C(F)(F)F)c3)C2=O)N1c1cccc(C(F)(F)F)c1. The number of halogens is 6. The highest BCUT2D eigenvalue weighted by Gasteiger charge is 2.46. The Hall–Kier alpha value is -7.71. The van der Waals surface area contributed by atoms with Crippen LogP contribution in [-0.2, 0) is 21.9 Å². The summed E-state index contributed by atoms with van der Waals surface area (Å²) in [5, 5.41) is 27.7. The van der Waals surface area contributed by atoms with E-state index in [1.807, 2.05) is 12.1 Å². The van der Waals surface area contributed by atoms with Crippen molar-refractivity contribution in [1.82, 2.24) is 35.7 Å². The molecule has 0 saturated carbocycles. The monoisotopic (exact) mass is 893 g/mol. The van der Waals surface area contributed by atoms with Crippen molar-refractivity contribution >= 4 is 29.2 Å². The Labute approximate surface area is 367 Å². The number of nitrogens with zero attached hydrogens (tertiary/aromatic N) is 8. The number of alkyl halides is 6. The van der Waals surface area contributed by atoms with Gasteiger partial charge in [-0.05, 0) is 85.6 Å². The molecule has 0 radical (unpaired) electrons. The second kappa shape index (κ2) is 17.5. The van der Waals surface area contributed by atoms with Crippen LogP contribution in [0.1, 0.15) is 58.6 Å². The number of carbonyl (C=O) groups excluding carboxylic acids is 3. The molecular weight excluding hydrogens is 857 g/mol. The Morgan fingerprint density at radius 1 is 0.677 bits per heavy atom. The van der Waals surface area contributed by atoms with Gasteiger partial charge in [0, 0.05) is 31.2 Å². The molecule has 3 N–H and O–H groups in total. The van der Waals surface area contributed by atoms with Gasteiger partial charge in [0.05, 0.1) is 64.5 Å². The lowest BCUT2D eigenvalue weighted by molar-refractivity contribution is -0.138. The number of rotatable bonds is 12. The number of hydrogen-bond donors (Lipinski definition) is 3. The van der Waals surface area contributed by atoms with E-state index in [2.05, 4.69) is 32.5 Å². The normalized spacial score (nSPS) is 18.7. The Morgan fingerprint density at radius 2 is 1.14 bits per heavy atom. The molecule has 65 heavy (non-hydrogen) atoms. The molecule has 6 heterocycles. The van der Waals surface area contributed by atoms with E-state index in [0.29, 0.717) is 48.3 Å². The molecule has 4 amide bonds. The van der Waals surface area contributed by atoms with E-state index in [1.54, 1.807) is 17.0 Å². The lowest BCUT2D eigenvalue weighted by atomic mass is 9.96. The molecule has 0 unspecified atom stereocenters. The van der Waals surface area contributed by atoms with Crippen LogP contribution in [0, 0.1) is 22.7 Å². The number of anilines is 2. The predicted octanol–water partition coefficient (Wildman–Crippen LogP) is 6.41. The lowest BCUT2D eigenvalue weighted by Crippen LogP contribution is -2.47. The first-order valence-electron chi connectivity index (χ1n) is 20.3. The molecule has 2 aromatic heterocycles. The number of nitriles is 2. The van der Waals surface area contributed by atoms with Crippen LogP contribution < -0.4 is 25.8 Å². The third kappa shape index (κ3) is 8.68. The summed E-state index contributed by atoms with van der Waals surface area (Å²) in [5.74, 6) is -0.520. The van der Waals surface area contributed by atoms with Crippen molar-refractivity contribution in [3.8, 4) is 12.1 Å². The number of carbonyl (C=O) groups is 3.